The number of amides is 1. The van der Waals surface area contributed by atoms with Crippen LogP contribution in [-0.2, 0) is 18.3 Å². The zero-order valence-corrected chi connectivity index (χ0v) is 13.5. The van der Waals surface area contributed by atoms with Crippen LogP contribution in [0.5, 0.6) is 5.75 Å². The van der Waals surface area contributed by atoms with E-state index < -0.39 is 6.10 Å². The maximum atomic E-state index is 12.2. The zero-order chi connectivity index (χ0) is 16.6. The van der Waals surface area contributed by atoms with E-state index in [1.807, 2.05) is 45.2 Å². The van der Waals surface area contributed by atoms with E-state index in [-0.39, 0.29) is 18.6 Å². The Balaban J connectivity index is 1.64. The molecule has 1 aromatic heterocycles. The van der Waals surface area contributed by atoms with Gasteiger partial charge in [-0.1, -0.05) is 24.3 Å². The van der Waals surface area contributed by atoms with Crippen molar-refractivity contribution in [3.63, 3.8) is 0 Å². The van der Waals surface area contributed by atoms with Gasteiger partial charge in [0.1, 0.15) is 5.69 Å². The Kier molecular flexibility index (Phi) is 4.09. The van der Waals surface area contributed by atoms with Crippen molar-refractivity contribution >= 4 is 5.91 Å². The molecule has 1 aliphatic rings. The van der Waals surface area contributed by atoms with E-state index in [1.54, 1.807) is 4.68 Å². The van der Waals surface area contributed by atoms with Crippen LogP contribution in [0.3, 0.4) is 0 Å². The van der Waals surface area contributed by atoms with Crippen molar-refractivity contribution in [2.75, 3.05) is 6.61 Å². The van der Waals surface area contributed by atoms with Gasteiger partial charge in [0.2, 0.25) is 0 Å². The minimum atomic E-state index is -0.599. The standard InChI is InChI=1S/C17H21N3O3/c1-10-17(11(2)20(3)19-10)23-9-15(22)18-16-13-7-5-4-6-12(13)8-14(16)21/h4-7,14,16,21H,8-9H2,1-3H3,(H,18,22)/t14-,16+/m1/s1. The number of aromatic nitrogens is 2. The van der Waals surface area contributed by atoms with Crippen molar-refractivity contribution in [3.8, 4) is 5.75 Å². The molecule has 0 unspecified atom stereocenters. The van der Waals surface area contributed by atoms with Gasteiger partial charge in [-0.25, -0.2) is 0 Å². The molecule has 1 aliphatic carbocycles. The lowest BCUT2D eigenvalue weighted by Crippen LogP contribution is -2.36. The number of hydrogen-bond acceptors (Lipinski definition) is 4. The average Bonchev–Trinajstić information content (AvgIpc) is 2.95. The smallest absolute Gasteiger partial charge is 0.258 e. The number of nitrogens with one attached hydrogen (secondary N) is 1. The van der Waals surface area contributed by atoms with E-state index in [4.69, 9.17) is 4.74 Å². The molecule has 0 radical (unpaired) electrons. The highest BCUT2D eigenvalue weighted by atomic mass is 16.5. The number of nitrogens with zero attached hydrogens (tertiary/aromatic N) is 2. The molecule has 1 amide bonds. The van der Waals surface area contributed by atoms with Gasteiger partial charge in [0.05, 0.1) is 17.8 Å². The van der Waals surface area contributed by atoms with Gasteiger partial charge in [0, 0.05) is 13.5 Å². The molecule has 0 saturated heterocycles. The molecule has 0 aliphatic heterocycles. The molecule has 0 bridgehead atoms. The summed E-state index contributed by atoms with van der Waals surface area (Å²) in [6, 6.07) is 7.39. The van der Waals surface area contributed by atoms with Crippen molar-refractivity contribution in [1.29, 1.82) is 0 Å². The first-order valence-corrected chi connectivity index (χ1v) is 7.65. The summed E-state index contributed by atoms with van der Waals surface area (Å²) in [6.07, 6.45) is -0.0405. The van der Waals surface area contributed by atoms with E-state index in [9.17, 15) is 9.90 Å². The number of aliphatic hydroxyl groups is 1. The van der Waals surface area contributed by atoms with Gasteiger partial charge in [-0.15, -0.1) is 0 Å². The molecule has 2 aromatic rings. The minimum absolute atomic E-state index is 0.0985. The van der Waals surface area contributed by atoms with E-state index in [0.717, 1.165) is 22.5 Å². The number of aryl methyl sites for hydroxylation is 2. The summed E-state index contributed by atoms with van der Waals surface area (Å²) in [5.74, 6) is 0.378. The minimum Gasteiger partial charge on any atom is -0.480 e. The quantitative estimate of drug-likeness (QED) is 0.888. The van der Waals surface area contributed by atoms with Crippen molar-refractivity contribution in [1.82, 2.24) is 15.1 Å². The fourth-order valence-electron chi connectivity index (χ4n) is 3.06. The Morgan fingerprint density at radius 2 is 2.17 bits per heavy atom. The van der Waals surface area contributed by atoms with Crippen LogP contribution < -0.4 is 10.1 Å². The highest BCUT2D eigenvalue weighted by Gasteiger charge is 2.31. The van der Waals surface area contributed by atoms with Gasteiger partial charge in [0.25, 0.3) is 5.91 Å². The Labute approximate surface area is 135 Å². The topological polar surface area (TPSA) is 76.4 Å². The van der Waals surface area contributed by atoms with Crippen LogP contribution in [0, 0.1) is 13.8 Å². The molecule has 2 atom stereocenters. The molecule has 23 heavy (non-hydrogen) atoms. The first-order valence-electron chi connectivity index (χ1n) is 7.65. The molecule has 6 heteroatoms. The van der Waals surface area contributed by atoms with Crippen molar-refractivity contribution in [2.24, 2.45) is 7.05 Å². The van der Waals surface area contributed by atoms with Crippen LogP contribution in [0.25, 0.3) is 0 Å². The number of carbonyl (C=O) groups excluding carboxylic acids is 1. The van der Waals surface area contributed by atoms with Gasteiger partial charge >= 0.3 is 0 Å². The number of fused-ring (bicyclic) bond motifs is 1. The van der Waals surface area contributed by atoms with Gasteiger partial charge in [-0.2, -0.15) is 5.10 Å². The average molecular weight is 315 g/mol. The Morgan fingerprint density at radius 3 is 2.87 bits per heavy atom. The molecule has 0 saturated carbocycles. The van der Waals surface area contributed by atoms with Gasteiger partial charge in [0.15, 0.2) is 12.4 Å². The second-order valence-corrected chi connectivity index (χ2v) is 5.93. The Morgan fingerprint density at radius 1 is 1.43 bits per heavy atom. The molecule has 2 N–H and O–H groups in total. The molecule has 122 valence electrons. The number of benzene rings is 1. The summed E-state index contributed by atoms with van der Waals surface area (Å²) in [7, 11) is 1.83. The van der Waals surface area contributed by atoms with Crippen LogP contribution in [0.4, 0.5) is 0 Å². The molecule has 0 spiro atoms. The summed E-state index contributed by atoms with van der Waals surface area (Å²) >= 11 is 0. The molecule has 1 heterocycles. The van der Waals surface area contributed by atoms with Gasteiger partial charge in [-0.3, -0.25) is 9.48 Å². The number of hydrogen-bond donors (Lipinski definition) is 2. The third-order valence-corrected chi connectivity index (χ3v) is 4.31. The summed E-state index contributed by atoms with van der Waals surface area (Å²) in [4.78, 5) is 12.2. The number of rotatable bonds is 4. The van der Waals surface area contributed by atoms with E-state index >= 15 is 0 Å². The predicted molar refractivity (Wildman–Crippen MR) is 85.2 cm³/mol. The number of aliphatic hydroxyl groups excluding tert-OH is 1. The second kappa shape index (κ2) is 6.04. The lowest BCUT2D eigenvalue weighted by Gasteiger charge is -2.18. The first-order chi connectivity index (χ1) is 11.0. The van der Waals surface area contributed by atoms with Gasteiger partial charge < -0.3 is 15.2 Å². The highest BCUT2D eigenvalue weighted by molar-refractivity contribution is 5.78. The lowest BCUT2D eigenvalue weighted by molar-refractivity contribution is -0.124. The van der Waals surface area contributed by atoms with Crippen molar-refractivity contribution in [2.45, 2.75) is 32.4 Å². The fraction of sp³-hybridized carbons (Fsp3) is 0.412. The van der Waals surface area contributed by atoms with Crippen LogP contribution in [0.15, 0.2) is 24.3 Å². The van der Waals surface area contributed by atoms with Gasteiger partial charge in [-0.05, 0) is 25.0 Å². The Hall–Kier alpha value is -2.34. The molecule has 0 fully saturated rings. The maximum Gasteiger partial charge on any atom is 0.258 e. The number of ether oxygens (including phenoxy) is 1. The summed E-state index contributed by atoms with van der Waals surface area (Å²) in [6.45, 7) is 3.64. The SMILES string of the molecule is Cc1nn(C)c(C)c1OCC(=O)N[C@H]1c2ccccc2C[C@H]1O. The molecular formula is C17H21N3O3. The fourth-order valence-corrected chi connectivity index (χ4v) is 3.06. The number of carbonyl (C=O) groups is 1. The lowest BCUT2D eigenvalue weighted by atomic mass is 10.1. The molecule has 3 rings (SSSR count). The van der Waals surface area contributed by atoms with Crippen LogP contribution in [0.2, 0.25) is 0 Å². The summed E-state index contributed by atoms with van der Waals surface area (Å²) < 4.78 is 7.33. The normalized spacial score (nSPS) is 19.5. The van der Waals surface area contributed by atoms with Crippen molar-refractivity contribution in [3.05, 3.63) is 46.8 Å². The summed E-state index contributed by atoms with van der Waals surface area (Å²) in [5, 5.41) is 17.3. The predicted octanol–water partition coefficient (Wildman–Crippen LogP) is 1.19. The molecule has 6 nitrogen and oxygen atoms in total. The monoisotopic (exact) mass is 315 g/mol. The largest absolute Gasteiger partial charge is 0.480 e. The van der Waals surface area contributed by atoms with Crippen LogP contribution in [0.1, 0.15) is 28.6 Å². The van der Waals surface area contributed by atoms with Crippen LogP contribution in [-0.4, -0.2) is 33.5 Å². The molecule has 1 aromatic carbocycles. The van der Waals surface area contributed by atoms with Crippen LogP contribution >= 0.6 is 0 Å². The second-order valence-electron chi connectivity index (χ2n) is 5.93. The van der Waals surface area contributed by atoms with E-state index in [2.05, 4.69) is 10.4 Å². The highest BCUT2D eigenvalue weighted by Crippen LogP contribution is 2.31. The summed E-state index contributed by atoms with van der Waals surface area (Å²) in [5.41, 5.74) is 3.68. The third kappa shape index (κ3) is 2.94. The first kappa shape index (κ1) is 15.6. The zero-order valence-electron chi connectivity index (χ0n) is 13.5. The van der Waals surface area contributed by atoms with Crippen molar-refractivity contribution < 1.29 is 14.6 Å². The third-order valence-electron chi connectivity index (χ3n) is 4.31. The van der Waals surface area contributed by atoms with E-state index in [0.29, 0.717) is 12.2 Å². The molecular weight excluding hydrogens is 294 g/mol. The Bertz CT molecular complexity index is 739. The van der Waals surface area contributed by atoms with E-state index in [1.165, 1.54) is 0 Å². The maximum absolute atomic E-state index is 12.2.